The maximum Gasteiger partial charge on any atom is 0.195 e. The first kappa shape index (κ1) is 12.3. The van der Waals surface area contributed by atoms with Crippen LogP contribution >= 0.6 is 0 Å². The van der Waals surface area contributed by atoms with Crippen LogP contribution in [-0.4, -0.2) is 5.78 Å². The smallest absolute Gasteiger partial charge is 0.195 e. The van der Waals surface area contributed by atoms with E-state index in [4.69, 9.17) is 5.73 Å². The van der Waals surface area contributed by atoms with Crippen molar-refractivity contribution in [3.8, 4) is 0 Å². The van der Waals surface area contributed by atoms with Gasteiger partial charge in [0.25, 0.3) is 0 Å². The van der Waals surface area contributed by atoms with Gasteiger partial charge in [-0.1, -0.05) is 12.1 Å². The quantitative estimate of drug-likeness (QED) is 0.650. The average molecular weight is 243 g/mol. The Hall–Kier alpha value is -2.16. The van der Waals surface area contributed by atoms with Crippen molar-refractivity contribution in [1.29, 1.82) is 0 Å². The van der Waals surface area contributed by atoms with Gasteiger partial charge in [0.15, 0.2) is 5.78 Å². The fourth-order valence-corrected chi connectivity index (χ4v) is 1.93. The summed E-state index contributed by atoms with van der Waals surface area (Å²) in [5, 5.41) is 0. The second-order valence-corrected chi connectivity index (χ2v) is 4.33. The zero-order valence-electron chi connectivity index (χ0n) is 10.3. The van der Waals surface area contributed by atoms with E-state index in [-0.39, 0.29) is 11.6 Å². The van der Waals surface area contributed by atoms with Crippen molar-refractivity contribution in [3.63, 3.8) is 0 Å². The molecule has 2 rings (SSSR count). The lowest BCUT2D eigenvalue weighted by Gasteiger charge is -2.09. The highest BCUT2D eigenvalue weighted by atomic mass is 19.1. The van der Waals surface area contributed by atoms with Gasteiger partial charge >= 0.3 is 0 Å². The maximum absolute atomic E-state index is 13.2. The molecule has 0 aromatic heterocycles. The summed E-state index contributed by atoms with van der Waals surface area (Å²) in [6, 6.07) is 9.66. The van der Waals surface area contributed by atoms with E-state index in [1.807, 2.05) is 13.0 Å². The maximum atomic E-state index is 13.2. The first-order chi connectivity index (χ1) is 8.50. The van der Waals surface area contributed by atoms with E-state index in [2.05, 4.69) is 0 Å². The zero-order chi connectivity index (χ0) is 13.3. The van der Waals surface area contributed by atoms with Crippen LogP contribution in [0.2, 0.25) is 0 Å². The van der Waals surface area contributed by atoms with Gasteiger partial charge in [0, 0.05) is 16.8 Å². The molecule has 0 aliphatic rings. The van der Waals surface area contributed by atoms with Gasteiger partial charge in [-0.2, -0.15) is 0 Å². The van der Waals surface area contributed by atoms with E-state index in [1.54, 1.807) is 25.1 Å². The molecule has 0 bridgehead atoms. The molecule has 2 nitrogen and oxygen atoms in total. The summed E-state index contributed by atoms with van der Waals surface area (Å²) in [5.41, 5.74) is 8.50. The van der Waals surface area contributed by atoms with Crippen molar-refractivity contribution in [1.82, 2.24) is 0 Å². The summed E-state index contributed by atoms with van der Waals surface area (Å²) < 4.78 is 13.2. The molecule has 0 aliphatic carbocycles. The lowest BCUT2D eigenvalue weighted by molar-refractivity contribution is 0.103. The van der Waals surface area contributed by atoms with Crippen molar-refractivity contribution < 1.29 is 9.18 Å². The van der Waals surface area contributed by atoms with Gasteiger partial charge in [0.05, 0.1) is 0 Å². The Bertz CT molecular complexity index is 600. The lowest BCUT2D eigenvalue weighted by atomic mass is 9.96. The van der Waals surface area contributed by atoms with Crippen LogP contribution in [0.15, 0.2) is 36.4 Å². The summed E-state index contributed by atoms with van der Waals surface area (Å²) in [6.07, 6.45) is 0. The van der Waals surface area contributed by atoms with Gasteiger partial charge in [0.2, 0.25) is 0 Å². The van der Waals surface area contributed by atoms with Crippen LogP contribution in [0.1, 0.15) is 27.0 Å². The van der Waals surface area contributed by atoms with Crippen molar-refractivity contribution in [2.24, 2.45) is 0 Å². The van der Waals surface area contributed by atoms with E-state index < -0.39 is 0 Å². The number of aryl methyl sites for hydroxylation is 2. The number of nitrogen functional groups attached to an aromatic ring is 1. The molecule has 2 N–H and O–H groups in total. The van der Waals surface area contributed by atoms with E-state index in [0.717, 1.165) is 5.56 Å². The molecule has 3 heteroatoms. The average Bonchev–Trinajstić information content (AvgIpc) is 2.32. The van der Waals surface area contributed by atoms with Crippen LogP contribution in [0.4, 0.5) is 10.1 Å². The first-order valence-corrected chi connectivity index (χ1v) is 5.66. The van der Waals surface area contributed by atoms with Crippen molar-refractivity contribution in [2.75, 3.05) is 5.73 Å². The first-order valence-electron chi connectivity index (χ1n) is 5.66. The Morgan fingerprint density at radius 3 is 2.44 bits per heavy atom. The highest BCUT2D eigenvalue weighted by molar-refractivity contribution is 6.13. The molecule has 18 heavy (non-hydrogen) atoms. The standard InChI is InChI=1S/C15H14FNO/c1-9-4-3-5-13(17)14(9)15(18)11-6-7-12(16)10(2)8-11/h3-8H,17H2,1-2H3. The SMILES string of the molecule is Cc1cc(C(=O)c2c(C)cccc2N)ccc1F. The number of carbonyl (C=O) groups is 1. The zero-order valence-corrected chi connectivity index (χ0v) is 10.3. The number of carbonyl (C=O) groups excluding carboxylic acids is 1. The van der Waals surface area contributed by atoms with Gasteiger partial charge in [-0.15, -0.1) is 0 Å². The third-order valence-electron chi connectivity index (χ3n) is 2.95. The van der Waals surface area contributed by atoms with Crippen LogP contribution < -0.4 is 5.73 Å². The normalized spacial score (nSPS) is 10.4. The minimum atomic E-state index is -0.315. The van der Waals surface area contributed by atoms with Crippen molar-refractivity contribution >= 4 is 11.5 Å². The number of rotatable bonds is 2. The summed E-state index contributed by atoms with van der Waals surface area (Å²) >= 11 is 0. The highest BCUT2D eigenvalue weighted by Crippen LogP contribution is 2.21. The third-order valence-corrected chi connectivity index (χ3v) is 2.95. The molecule has 0 saturated carbocycles. The largest absolute Gasteiger partial charge is 0.398 e. The summed E-state index contributed by atoms with van der Waals surface area (Å²) in [6.45, 7) is 3.47. The van der Waals surface area contributed by atoms with Gasteiger partial charge < -0.3 is 5.73 Å². The number of halogens is 1. The molecule has 2 aromatic carbocycles. The fourth-order valence-electron chi connectivity index (χ4n) is 1.93. The molecule has 0 aliphatic heterocycles. The van der Waals surface area contributed by atoms with Crippen LogP contribution in [0.3, 0.4) is 0 Å². The lowest BCUT2D eigenvalue weighted by Crippen LogP contribution is -2.08. The van der Waals surface area contributed by atoms with E-state index in [0.29, 0.717) is 22.4 Å². The van der Waals surface area contributed by atoms with E-state index in [9.17, 15) is 9.18 Å². The Balaban J connectivity index is 2.51. The molecule has 0 heterocycles. The number of nitrogens with two attached hydrogens (primary N) is 1. The van der Waals surface area contributed by atoms with Gasteiger partial charge in [-0.05, 0) is 49.2 Å². The number of benzene rings is 2. The van der Waals surface area contributed by atoms with Gasteiger partial charge in [-0.3, -0.25) is 4.79 Å². The number of hydrogen-bond donors (Lipinski definition) is 1. The van der Waals surface area contributed by atoms with Crippen LogP contribution in [0, 0.1) is 19.7 Å². The Morgan fingerprint density at radius 1 is 1.11 bits per heavy atom. The molecular weight excluding hydrogens is 229 g/mol. The second-order valence-electron chi connectivity index (χ2n) is 4.33. The second kappa shape index (κ2) is 4.61. The number of anilines is 1. The van der Waals surface area contributed by atoms with Crippen molar-refractivity contribution in [3.05, 3.63) is 64.5 Å². The third kappa shape index (κ3) is 2.12. The minimum Gasteiger partial charge on any atom is -0.398 e. The Labute approximate surface area is 105 Å². The molecule has 0 amide bonds. The molecule has 92 valence electrons. The molecular formula is C15H14FNO. The predicted molar refractivity (Wildman–Crippen MR) is 70.2 cm³/mol. The number of hydrogen-bond acceptors (Lipinski definition) is 2. The predicted octanol–water partition coefficient (Wildman–Crippen LogP) is 3.26. The van der Waals surface area contributed by atoms with Gasteiger partial charge in [0.1, 0.15) is 5.82 Å². The molecule has 2 aromatic rings. The van der Waals surface area contributed by atoms with Crippen LogP contribution in [0.25, 0.3) is 0 Å². The number of ketones is 1. The fraction of sp³-hybridized carbons (Fsp3) is 0.133. The van der Waals surface area contributed by atoms with Crippen LogP contribution in [0.5, 0.6) is 0 Å². The molecule has 0 radical (unpaired) electrons. The molecule has 0 atom stereocenters. The summed E-state index contributed by atoms with van der Waals surface area (Å²) in [4.78, 5) is 12.3. The topological polar surface area (TPSA) is 43.1 Å². The monoisotopic (exact) mass is 243 g/mol. The Kier molecular flexibility index (Phi) is 3.15. The summed E-state index contributed by atoms with van der Waals surface area (Å²) in [7, 11) is 0. The Morgan fingerprint density at radius 2 is 1.83 bits per heavy atom. The van der Waals surface area contributed by atoms with Crippen molar-refractivity contribution in [2.45, 2.75) is 13.8 Å². The minimum absolute atomic E-state index is 0.172. The molecule has 0 unspecified atom stereocenters. The summed E-state index contributed by atoms with van der Waals surface area (Å²) in [5.74, 6) is -0.488. The molecule has 0 spiro atoms. The molecule has 0 saturated heterocycles. The van der Waals surface area contributed by atoms with Crippen LogP contribution in [-0.2, 0) is 0 Å². The highest BCUT2D eigenvalue weighted by Gasteiger charge is 2.15. The van der Waals surface area contributed by atoms with E-state index >= 15 is 0 Å². The van der Waals surface area contributed by atoms with Gasteiger partial charge in [-0.25, -0.2) is 4.39 Å². The van der Waals surface area contributed by atoms with E-state index in [1.165, 1.54) is 12.1 Å². The molecule has 0 fully saturated rings.